The van der Waals surface area contributed by atoms with Crippen LogP contribution in [0.15, 0.2) is 18.3 Å². The van der Waals surface area contributed by atoms with Gasteiger partial charge in [-0.05, 0) is 18.6 Å². The summed E-state index contributed by atoms with van der Waals surface area (Å²) in [6.45, 7) is 2.95. The fourth-order valence-corrected chi connectivity index (χ4v) is 1.46. The van der Waals surface area contributed by atoms with Crippen molar-refractivity contribution in [2.45, 2.75) is 19.9 Å². The number of nitrogens with one attached hydrogen (secondary N) is 1. The molecule has 1 amide bonds. The van der Waals surface area contributed by atoms with Gasteiger partial charge >= 0.3 is 0 Å². The summed E-state index contributed by atoms with van der Waals surface area (Å²) in [6.07, 6.45) is 2.75. The molecule has 0 aliphatic heterocycles. The number of amides is 1. The summed E-state index contributed by atoms with van der Waals surface area (Å²) in [5, 5.41) is 2.89. The highest BCUT2D eigenvalue weighted by molar-refractivity contribution is 5.78. The molecule has 0 bridgehead atoms. The number of rotatable bonds is 5. The quantitative estimate of drug-likeness (QED) is 0.747. The molecule has 4 nitrogen and oxygen atoms in total. The fraction of sp³-hybridized carbons (Fsp3) is 0.545. The van der Waals surface area contributed by atoms with E-state index in [1.54, 1.807) is 0 Å². The van der Waals surface area contributed by atoms with Crippen molar-refractivity contribution in [1.82, 2.24) is 9.88 Å². The molecule has 1 aromatic rings. The minimum Gasteiger partial charge on any atom is -0.353 e. The zero-order valence-corrected chi connectivity index (χ0v) is 9.36. The van der Waals surface area contributed by atoms with Crippen LogP contribution in [0.3, 0.4) is 0 Å². The van der Waals surface area contributed by atoms with Crippen LogP contribution in [0.5, 0.6) is 0 Å². The summed E-state index contributed by atoms with van der Waals surface area (Å²) in [7, 11) is 1.96. The second-order valence-electron chi connectivity index (χ2n) is 3.67. The first-order chi connectivity index (χ1) is 7.19. The van der Waals surface area contributed by atoms with Crippen molar-refractivity contribution >= 4 is 5.91 Å². The van der Waals surface area contributed by atoms with Gasteiger partial charge in [0.05, 0.1) is 6.54 Å². The molecule has 1 unspecified atom stereocenters. The Bertz CT molecular complexity index is 315. The lowest BCUT2D eigenvalue weighted by Crippen LogP contribution is -2.34. The van der Waals surface area contributed by atoms with Gasteiger partial charge in [0.1, 0.15) is 0 Å². The van der Waals surface area contributed by atoms with E-state index in [1.165, 1.54) is 0 Å². The lowest BCUT2D eigenvalue weighted by molar-refractivity contribution is -0.124. The van der Waals surface area contributed by atoms with Crippen LogP contribution in [0.4, 0.5) is 0 Å². The molecule has 0 spiro atoms. The lowest BCUT2D eigenvalue weighted by atomic mass is 10.1. The molecule has 3 N–H and O–H groups in total. The van der Waals surface area contributed by atoms with E-state index in [9.17, 15) is 4.79 Å². The highest BCUT2D eigenvalue weighted by atomic mass is 16.1. The zero-order chi connectivity index (χ0) is 11.3. The van der Waals surface area contributed by atoms with Crippen LogP contribution < -0.4 is 11.1 Å². The highest BCUT2D eigenvalue weighted by Gasteiger charge is 2.13. The number of nitrogens with two attached hydrogens (primary N) is 1. The first kappa shape index (κ1) is 11.8. The third-order valence-corrected chi connectivity index (χ3v) is 2.64. The van der Waals surface area contributed by atoms with Crippen LogP contribution in [0.2, 0.25) is 0 Å². The number of aromatic nitrogens is 1. The van der Waals surface area contributed by atoms with E-state index in [0.717, 1.165) is 12.1 Å². The van der Waals surface area contributed by atoms with E-state index in [-0.39, 0.29) is 11.8 Å². The van der Waals surface area contributed by atoms with Crippen molar-refractivity contribution in [3.8, 4) is 0 Å². The molecular formula is C11H19N3O. The van der Waals surface area contributed by atoms with Crippen LogP contribution in [-0.4, -0.2) is 17.0 Å². The van der Waals surface area contributed by atoms with Gasteiger partial charge in [-0.2, -0.15) is 0 Å². The molecule has 0 radical (unpaired) electrons. The van der Waals surface area contributed by atoms with Crippen molar-refractivity contribution in [2.75, 3.05) is 6.54 Å². The summed E-state index contributed by atoms with van der Waals surface area (Å²) in [6, 6.07) is 3.95. The van der Waals surface area contributed by atoms with Gasteiger partial charge in [0, 0.05) is 31.4 Å². The second-order valence-corrected chi connectivity index (χ2v) is 3.67. The normalized spacial score (nSPS) is 12.5. The lowest BCUT2D eigenvalue weighted by Gasteiger charge is -2.12. The number of nitrogens with zero attached hydrogens (tertiary/aromatic N) is 1. The van der Waals surface area contributed by atoms with Crippen LogP contribution in [0.25, 0.3) is 0 Å². The summed E-state index contributed by atoms with van der Waals surface area (Å²) >= 11 is 0. The maximum atomic E-state index is 11.6. The van der Waals surface area contributed by atoms with E-state index in [0.29, 0.717) is 13.1 Å². The predicted molar refractivity (Wildman–Crippen MR) is 60.1 cm³/mol. The average molecular weight is 209 g/mol. The molecule has 84 valence electrons. The van der Waals surface area contributed by atoms with Gasteiger partial charge in [0.2, 0.25) is 5.91 Å². The van der Waals surface area contributed by atoms with Crippen molar-refractivity contribution < 1.29 is 4.79 Å². The van der Waals surface area contributed by atoms with Gasteiger partial charge in [-0.1, -0.05) is 6.92 Å². The number of aryl methyl sites for hydroxylation is 1. The van der Waals surface area contributed by atoms with Gasteiger partial charge in [0.15, 0.2) is 0 Å². The molecule has 4 heteroatoms. The summed E-state index contributed by atoms with van der Waals surface area (Å²) < 4.78 is 1.99. The Kier molecular flexibility index (Phi) is 4.37. The maximum absolute atomic E-state index is 11.6. The van der Waals surface area contributed by atoms with Crippen LogP contribution >= 0.6 is 0 Å². The van der Waals surface area contributed by atoms with Crippen LogP contribution in [0.1, 0.15) is 19.0 Å². The molecule has 1 rings (SSSR count). The van der Waals surface area contributed by atoms with Crippen LogP contribution in [-0.2, 0) is 18.4 Å². The molecule has 0 aliphatic rings. The second kappa shape index (κ2) is 5.56. The fourth-order valence-electron chi connectivity index (χ4n) is 1.46. The van der Waals surface area contributed by atoms with Crippen molar-refractivity contribution in [2.24, 2.45) is 18.7 Å². The smallest absolute Gasteiger partial charge is 0.224 e. The van der Waals surface area contributed by atoms with Gasteiger partial charge < -0.3 is 15.6 Å². The summed E-state index contributed by atoms with van der Waals surface area (Å²) in [5.74, 6) is -0.0218. The molecule has 1 heterocycles. The molecule has 0 fully saturated rings. The van der Waals surface area contributed by atoms with Crippen molar-refractivity contribution in [3.63, 3.8) is 0 Å². The largest absolute Gasteiger partial charge is 0.353 e. The van der Waals surface area contributed by atoms with E-state index in [4.69, 9.17) is 5.73 Å². The van der Waals surface area contributed by atoms with Gasteiger partial charge in [-0.15, -0.1) is 0 Å². The molecule has 15 heavy (non-hydrogen) atoms. The SMILES string of the molecule is CCC(CN)C(=O)NCc1cccn1C. The van der Waals surface area contributed by atoms with E-state index < -0.39 is 0 Å². The summed E-state index contributed by atoms with van der Waals surface area (Å²) in [4.78, 5) is 11.6. The monoisotopic (exact) mass is 209 g/mol. The number of carbonyl (C=O) groups is 1. The predicted octanol–water partition coefficient (Wildman–Crippen LogP) is 0.626. The minimum absolute atomic E-state index is 0.0428. The van der Waals surface area contributed by atoms with Gasteiger partial charge in [0.25, 0.3) is 0 Å². The number of hydrogen-bond acceptors (Lipinski definition) is 2. The van der Waals surface area contributed by atoms with Crippen LogP contribution in [0, 0.1) is 5.92 Å². The molecule has 1 aromatic heterocycles. The molecule has 1 atom stereocenters. The Morgan fingerprint density at radius 3 is 2.87 bits per heavy atom. The summed E-state index contributed by atoms with van der Waals surface area (Å²) in [5.41, 5.74) is 6.59. The number of carbonyl (C=O) groups excluding carboxylic acids is 1. The molecule has 0 aromatic carbocycles. The zero-order valence-electron chi connectivity index (χ0n) is 9.36. The van der Waals surface area contributed by atoms with Gasteiger partial charge in [-0.3, -0.25) is 4.79 Å². The van der Waals surface area contributed by atoms with Crippen molar-refractivity contribution in [3.05, 3.63) is 24.0 Å². The Hall–Kier alpha value is -1.29. The molecular weight excluding hydrogens is 190 g/mol. The first-order valence-electron chi connectivity index (χ1n) is 5.27. The Labute approximate surface area is 90.5 Å². The Morgan fingerprint density at radius 1 is 1.67 bits per heavy atom. The molecule has 0 aliphatic carbocycles. The van der Waals surface area contributed by atoms with E-state index in [1.807, 2.05) is 36.9 Å². The first-order valence-corrected chi connectivity index (χ1v) is 5.27. The van der Waals surface area contributed by atoms with E-state index >= 15 is 0 Å². The number of hydrogen-bond donors (Lipinski definition) is 2. The third-order valence-electron chi connectivity index (χ3n) is 2.64. The Morgan fingerprint density at radius 2 is 2.40 bits per heavy atom. The average Bonchev–Trinajstić information content (AvgIpc) is 2.63. The topological polar surface area (TPSA) is 60.1 Å². The van der Waals surface area contributed by atoms with Gasteiger partial charge in [-0.25, -0.2) is 0 Å². The van der Waals surface area contributed by atoms with Crippen molar-refractivity contribution in [1.29, 1.82) is 0 Å². The molecule has 0 saturated heterocycles. The standard InChI is InChI=1S/C11H19N3O/c1-3-9(7-12)11(15)13-8-10-5-4-6-14(10)2/h4-6,9H,3,7-8,12H2,1-2H3,(H,13,15). The maximum Gasteiger partial charge on any atom is 0.224 e. The minimum atomic E-state index is -0.0646. The van der Waals surface area contributed by atoms with E-state index in [2.05, 4.69) is 5.32 Å². The highest BCUT2D eigenvalue weighted by Crippen LogP contribution is 2.02. The molecule has 0 saturated carbocycles. The Balaban J connectivity index is 2.43. The third kappa shape index (κ3) is 3.09.